The molecule has 0 aliphatic rings. The molecule has 0 saturated carbocycles. The Bertz CT molecular complexity index is 105. The lowest BCUT2D eigenvalue weighted by Gasteiger charge is -2.03. The highest BCUT2D eigenvalue weighted by molar-refractivity contribution is 4.40. The third kappa shape index (κ3) is 23.5. The number of rotatable bonds is 9. The molecule has 5 nitrogen and oxygen atoms in total. The van der Waals surface area contributed by atoms with Crippen molar-refractivity contribution in [2.24, 2.45) is 0 Å². The molecule has 1 atom stereocenters. The van der Waals surface area contributed by atoms with E-state index in [0.29, 0.717) is 19.8 Å². The molecule has 0 bridgehead atoms. The minimum Gasteiger partial charge on any atom is -0.394 e. The molecule has 3 N–H and O–H groups in total. The first-order chi connectivity index (χ1) is 7.68. The van der Waals surface area contributed by atoms with Crippen molar-refractivity contribution in [2.45, 2.75) is 32.8 Å². The zero-order valence-electron chi connectivity index (χ0n) is 10.4. The highest BCUT2D eigenvalue weighted by Gasteiger charge is 1.92. The molecule has 100 valence electrons. The van der Waals surface area contributed by atoms with Crippen molar-refractivity contribution in [1.29, 1.82) is 0 Å². The van der Waals surface area contributed by atoms with Gasteiger partial charge in [-0.15, -0.1) is 0 Å². The van der Waals surface area contributed by atoms with Gasteiger partial charge < -0.3 is 24.8 Å². The normalized spacial score (nSPS) is 11.8. The summed E-state index contributed by atoms with van der Waals surface area (Å²) >= 11 is 0. The molecule has 0 spiro atoms. The van der Waals surface area contributed by atoms with Crippen LogP contribution >= 0.6 is 0 Å². The second-order valence-electron chi connectivity index (χ2n) is 3.34. The molecule has 0 radical (unpaired) electrons. The van der Waals surface area contributed by atoms with Crippen LogP contribution in [0.25, 0.3) is 0 Å². The maximum atomic E-state index is 8.73. The van der Waals surface area contributed by atoms with Crippen molar-refractivity contribution >= 4 is 0 Å². The first-order valence-corrected chi connectivity index (χ1v) is 5.74. The lowest BCUT2D eigenvalue weighted by atomic mass is 10.4. The summed E-state index contributed by atoms with van der Waals surface area (Å²) in [6.07, 6.45) is 1.92. The summed E-state index contributed by atoms with van der Waals surface area (Å²) < 4.78 is 9.72. The van der Waals surface area contributed by atoms with Crippen LogP contribution in [0.3, 0.4) is 0 Å². The quantitative estimate of drug-likeness (QED) is 0.499. The fraction of sp³-hybridized carbons (Fsp3) is 1.00. The summed E-state index contributed by atoms with van der Waals surface area (Å²) in [5, 5.41) is 24.9. The van der Waals surface area contributed by atoms with Crippen LogP contribution in [-0.2, 0) is 9.47 Å². The van der Waals surface area contributed by atoms with E-state index in [1.165, 1.54) is 0 Å². The van der Waals surface area contributed by atoms with Gasteiger partial charge in [-0.25, -0.2) is 0 Å². The SMILES string of the molecule is CCCCOCC(C)O.OCCOCCO. The predicted octanol–water partition coefficient (Wildman–Crippen LogP) is 0.171. The van der Waals surface area contributed by atoms with E-state index in [2.05, 4.69) is 11.7 Å². The van der Waals surface area contributed by atoms with Gasteiger partial charge in [0, 0.05) is 6.61 Å². The highest BCUT2D eigenvalue weighted by Crippen LogP contribution is 1.89. The van der Waals surface area contributed by atoms with Gasteiger partial charge in [0.05, 0.1) is 39.1 Å². The van der Waals surface area contributed by atoms with Gasteiger partial charge in [0.15, 0.2) is 0 Å². The van der Waals surface area contributed by atoms with Crippen molar-refractivity contribution < 1.29 is 24.8 Å². The minimum atomic E-state index is -0.318. The minimum absolute atomic E-state index is 0.0278. The Balaban J connectivity index is 0. The molecule has 5 heteroatoms. The first kappa shape index (κ1) is 18.2. The molecule has 1 unspecified atom stereocenters. The summed E-state index contributed by atoms with van der Waals surface area (Å²) in [6.45, 7) is 5.79. The average Bonchev–Trinajstić information content (AvgIpc) is 2.26. The van der Waals surface area contributed by atoms with Gasteiger partial charge in [0.1, 0.15) is 0 Å². The first-order valence-electron chi connectivity index (χ1n) is 5.74. The summed E-state index contributed by atoms with van der Waals surface area (Å²) in [4.78, 5) is 0. The Kier molecular flexibility index (Phi) is 19.5. The fourth-order valence-corrected chi connectivity index (χ4v) is 0.731. The number of hydrogen-bond acceptors (Lipinski definition) is 5. The molecule has 0 saturated heterocycles. The molecule has 0 amide bonds. The van der Waals surface area contributed by atoms with Crippen LogP contribution in [0.2, 0.25) is 0 Å². The molecular formula is C11H26O5. The Hall–Kier alpha value is -0.200. The zero-order chi connectivity index (χ0) is 12.6. The summed E-state index contributed by atoms with van der Waals surface area (Å²) in [6, 6.07) is 0. The van der Waals surface area contributed by atoms with Gasteiger partial charge in [0.25, 0.3) is 0 Å². The third-order valence-electron chi connectivity index (χ3n) is 1.47. The maximum absolute atomic E-state index is 8.73. The molecule has 0 fully saturated rings. The van der Waals surface area contributed by atoms with Gasteiger partial charge in [-0.3, -0.25) is 0 Å². The second kappa shape index (κ2) is 17.2. The van der Waals surface area contributed by atoms with Crippen molar-refractivity contribution in [2.75, 3.05) is 39.6 Å². The van der Waals surface area contributed by atoms with Crippen molar-refractivity contribution in [3.63, 3.8) is 0 Å². The number of unbranched alkanes of at least 4 members (excludes halogenated alkanes) is 1. The standard InChI is InChI=1S/C7H16O2.C4H10O3/c1-3-4-5-9-6-7(2)8;5-1-3-7-4-2-6/h7-8H,3-6H2,1-2H3;5-6H,1-4H2. The zero-order valence-corrected chi connectivity index (χ0v) is 10.4. The summed E-state index contributed by atoms with van der Waals surface area (Å²) in [7, 11) is 0. The highest BCUT2D eigenvalue weighted by atomic mass is 16.5. The number of aliphatic hydroxyl groups excluding tert-OH is 3. The van der Waals surface area contributed by atoms with Gasteiger partial charge >= 0.3 is 0 Å². The molecular weight excluding hydrogens is 212 g/mol. The van der Waals surface area contributed by atoms with Crippen LogP contribution in [-0.4, -0.2) is 61.1 Å². The topological polar surface area (TPSA) is 79.2 Å². The average molecular weight is 238 g/mol. The van der Waals surface area contributed by atoms with Gasteiger partial charge in [-0.1, -0.05) is 13.3 Å². The monoisotopic (exact) mass is 238 g/mol. The largest absolute Gasteiger partial charge is 0.394 e. The molecule has 0 aromatic carbocycles. The van der Waals surface area contributed by atoms with Crippen LogP contribution < -0.4 is 0 Å². The lowest BCUT2D eigenvalue weighted by molar-refractivity contribution is 0.0450. The van der Waals surface area contributed by atoms with Crippen molar-refractivity contribution in [3.8, 4) is 0 Å². The number of ether oxygens (including phenoxy) is 2. The van der Waals surface area contributed by atoms with Crippen LogP contribution in [0.4, 0.5) is 0 Å². The van der Waals surface area contributed by atoms with Crippen molar-refractivity contribution in [3.05, 3.63) is 0 Å². The molecule has 0 heterocycles. The van der Waals surface area contributed by atoms with Crippen molar-refractivity contribution in [1.82, 2.24) is 0 Å². The smallest absolute Gasteiger partial charge is 0.0745 e. The van der Waals surface area contributed by atoms with E-state index in [1.54, 1.807) is 6.92 Å². The fourth-order valence-electron chi connectivity index (χ4n) is 0.731. The third-order valence-corrected chi connectivity index (χ3v) is 1.47. The van der Waals surface area contributed by atoms with Crippen LogP contribution in [0, 0.1) is 0 Å². The van der Waals surface area contributed by atoms with E-state index >= 15 is 0 Å². The van der Waals surface area contributed by atoms with Crippen LogP contribution in [0.1, 0.15) is 26.7 Å². The molecule has 0 aliphatic heterocycles. The van der Waals surface area contributed by atoms with Gasteiger partial charge in [-0.05, 0) is 13.3 Å². The maximum Gasteiger partial charge on any atom is 0.0745 e. The summed E-state index contributed by atoms with van der Waals surface area (Å²) in [5.74, 6) is 0. The molecule has 0 aliphatic carbocycles. The Labute approximate surface area is 98.0 Å². The lowest BCUT2D eigenvalue weighted by Crippen LogP contribution is -2.10. The predicted molar refractivity (Wildman–Crippen MR) is 62.4 cm³/mol. The number of hydrogen-bond donors (Lipinski definition) is 3. The molecule has 0 aromatic heterocycles. The van der Waals surface area contributed by atoms with E-state index in [1.807, 2.05) is 0 Å². The Morgan fingerprint density at radius 2 is 1.56 bits per heavy atom. The second-order valence-corrected chi connectivity index (χ2v) is 3.34. The number of aliphatic hydroxyl groups is 3. The molecule has 0 aromatic rings. The van der Waals surface area contributed by atoms with Crippen LogP contribution in [0.15, 0.2) is 0 Å². The van der Waals surface area contributed by atoms with E-state index in [-0.39, 0.29) is 19.3 Å². The Morgan fingerprint density at radius 3 is 1.94 bits per heavy atom. The molecule has 16 heavy (non-hydrogen) atoms. The molecule has 0 rings (SSSR count). The van der Waals surface area contributed by atoms with Crippen LogP contribution in [0.5, 0.6) is 0 Å². The van der Waals surface area contributed by atoms with E-state index < -0.39 is 0 Å². The van der Waals surface area contributed by atoms with Gasteiger partial charge in [0.2, 0.25) is 0 Å². The van der Waals surface area contributed by atoms with E-state index in [4.69, 9.17) is 20.1 Å². The van der Waals surface area contributed by atoms with E-state index in [0.717, 1.165) is 19.4 Å². The summed E-state index contributed by atoms with van der Waals surface area (Å²) in [5.41, 5.74) is 0. The van der Waals surface area contributed by atoms with Gasteiger partial charge in [-0.2, -0.15) is 0 Å². The van der Waals surface area contributed by atoms with E-state index in [9.17, 15) is 0 Å². The Morgan fingerprint density at radius 1 is 1.00 bits per heavy atom.